The third kappa shape index (κ3) is 4.49. The van der Waals surface area contributed by atoms with Gasteiger partial charge in [0.15, 0.2) is 11.0 Å². The van der Waals surface area contributed by atoms with Crippen molar-refractivity contribution in [2.75, 3.05) is 12.4 Å². The number of thioether (sulfide) groups is 1. The summed E-state index contributed by atoms with van der Waals surface area (Å²) in [6.45, 7) is 4.83. The summed E-state index contributed by atoms with van der Waals surface area (Å²) in [5.41, 5.74) is 4.53. The Balaban J connectivity index is 1.59. The summed E-state index contributed by atoms with van der Waals surface area (Å²) in [6, 6.07) is 20.2. The fraction of sp³-hybridized carbons (Fsp3) is 0.174. The second kappa shape index (κ2) is 8.92. The Labute approximate surface area is 174 Å². The molecule has 4 aromatic rings. The van der Waals surface area contributed by atoms with Gasteiger partial charge in [0.25, 0.3) is 0 Å². The highest BCUT2D eigenvalue weighted by molar-refractivity contribution is 7.99. The average molecular weight is 403 g/mol. The molecule has 0 spiro atoms. The number of benzene rings is 2. The van der Waals surface area contributed by atoms with Gasteiger partial charge in [-0.15, -0.1) is 10.2 Å². The zero-order valence-corrected chi connectivity index (χ0v) is 17.3. The van der Waals surface area contributed by atoms with Crippen LogP contribution >= 0.6 is 11.8 Å². The lowest BCUT2D eigenvalue weighted by atomic mass is 10.1. The lowest BCUT2D eigenvalue weighted by molar-refractivity contribution is 0.344. The van der Waals surface area contributed by atoms with Crippen molar-refractivity contribution < 1.29 is 4.74 Å². The molecule has 0 aliphatic heterocycles. The molecule has 0 saturated heterocycles. The molecule has 0 bridgehead atoms. The number of para-hydroxylation sites is 1. The van der Waals surface area contributed by atoms with Crippen molar-refractivity contribution in [3.8, 4) is 22.8 Å². The Bertz CT molecular complexity index is 1080. The van der Waals surface area contributed by atoms with E-state index in [4.69, 9.17) is 4.74 Å². The second-order valence-corrected chi connectivity index (χ2v) is 7.72. The predicted octanol–water partition coefficient (Wildman–Crippen LogP) is 5.12. The minimum absolute atomic E-state index is 0.596. The molecule has 4 rings (SSSR count). The standard InChI is InChI=1S/C23H22N4OS/c1-17-8-9-20(16-18(17)2)27-22(19-10-12-24-13-11-19)25-26-23(27)29-15-14-28-21-6-4-3-5-7-21/h3-13,16H,14-15H2,1-2H3. The predicted molar refractivity (Wildman–Crippen MR) is 117 cm³/mol. The summed E-state index contributed by atoms with van der Waals surface area (Å²) in [7, 11) is 0. The first-order valence-electron chi connectivity index (χ1n) is 9.46. The normalized spacial score (nSPS) is 10.8. The number of hydrogen-bond donors (Lipinski definition) is 0. The SMILES string of the molecule is Cc1ccc(-n2c(SCCOc3ccccc3)nnc2-c2ccncc2)cc1C. The smallest absolute Gasteiger partial charge is 0.196 e. The van der Waals surface area contributed by atoms with E-state index in [2.05, 4.69) is 51.8 Å². The summed E-state index contributed by atoms with van der Waals surface area (Å²) in [6.07, 6.45) is 3.55. The van der Waals surface area contributed by atoms with Crippen molar-refractivity contribution in [2.24, 2.45) is 0 Å². The van der Waals surface area contributed by atoms with Crippen LogP contribution in [0, 0.1) is 13.8 Å². The van der Waals surface area contributed by atoms with Crippen LogP contribution in [0.3, 0.4) is 0 Å². The van der Waals surface area contributed by atoms with E-state index in [9.17, 15) is 0 Å². The Hall–Kier alpha value is -3.12. The van der Waals surface area contributed by atoms with Crippen molar-refractivity contribution in [3.05, 3.63) is 84.2 Å². The molecule has 0 aliphatic carbocycles. The van der Waals surface area contributed by atoms with Crippen LogP contribution in [0.25, 0.3) is 17.1 Å². The van der Waals surface area contributed by atoms with Gasteiger partial charge in [0.2, 0.25) is 0 Å². The second-order valence-electron chi connectivity index (χ2n) is 6.66. The monoisotopic (exact) mass is 402 g/mol. The maximum atomic E-state index is 5.81. The summed E-state index contributed by atoms with van der Waals surface area (Å²) >= 11 is 1.64. The van der Waals surface area contributed by atoms with Crippen molar-refractivity contribution in [3.63, 3.8) is 0 Å². The van der Waals surface area contributed by atoms with Crippen LogP contribution < -0.4 is 4.74 Å². The largest absolute Gasteiger partial charge is 0.493 e. The van der Waals surface area contributed by atoms with Crippen LogP contribution in [0.1, 0.15) is 11.1 Å². The van der Waals surface area contributed by atoms with E-state index in [1.807, 2.05) is 42.5 Å². The Morgan fingerprint density at radius 2 is 1.69 bits per heavy atom. The van der Waals surface area contributed by atoms with Crippen molar-refractivity contribution >= 4 is 11.8 Å². The number of aryl methyl sites for hydroxylation is 2. The first-order valence-corrected chi connectivity index (χ1v) is 10.4. The topological polar surface area (TPSA) is 52.8 Å². The minimum atomic E-state index is 0.596. The lowest BCUT2D eigenvalue weighted by Gasteiger charge is -2.12. The number of ether oxygens (including phenoxy) is 1. The molecule has 0 radical (unpaired) electrons. The molecule has 146 valence electrons. The van der Waals surface area contributed by atoms with Crippen LogP contribution in [-0.2, 0) is 0 Å². The molecule has 2 aromatic heterocycles. The van der Waals surface area contributed by atoms with Crippen LogP contribution in [-0.4, -0.2) is 32.1 Å². The lowest BCUT2D eigenvalue weighted by Crippen LogP contribution is -2.04. The van der Waals surface area contributed by atoms with Gasteiger partial charge in [-0.3, -0.25) is 9.55 Å². The number of aromatic nitrogens is 4. The van der Waals surface area contributed by atoms with Gasteiger partial charge in [-0.2, -0.15) is 0 Å². The minimum Gasteiger partial charge on any atom is -0.493 e. The highest BCUT2D eigenvalue weighted by Crippen LogP contribution is 2.28. The zero-order chi connectivity index (χ0) is 20.1. The fourth-order valence-corrected chi connectivity index (χ4v) is 3.73. The van der Waals surface area contributed by atoms with Crippen molar-refractivity contribution in [1.29, 1.82) is 0 Å². The van der Waals surface area contributed by atoms with Gasteiger partial charge in [-0.05, 0) is 61.4 Å². The highest BCUT2D eigenvalue weighted by Gasteiger charge is 2.16. The van der Waals surface area contributed by atoms with E-state index in [1.54, 1.807) is 24.2 Å². The number of hydrogen-bond acceptors (Lipinski definition) is 5. The summed E-state index contributed by atoms with van der Waals surface area (Å²) in [4.78, 5) is 4.12. The maximum Gasteiger partial charge on any atom is 0.196 e. The van der Waals surface area contributed by atoms with Gasteiger partial charge < -0.3 is 4.74 Å². The summed E-state index contributed by atoms with van der Waals surface area (Å²) in [5.74, 6) is 2.46. The molecule has 6 heteroatoms. The van der Waals surface area contributed by atoms with E-state index < -0.39 is 0 Å². The summed E-state index contributed by atoms with van der Waals surface area (Å²) in [5, 5.41) is 9.79. The van der Waals surface area contributed by atoms with Crippen molar-refractivity contribution in [1.82, 2.24) is 19.7 Å². The maximum absolute atomic E-state index is 5.81. The molecular weight excluding hydrogens is 380 g/mol. The Morgan fingerprint density at radius 3 is 2.45 bits per heavy atom. The van der Waals surface area contributed by atoms with E-state index >= 15 is 0 Å². The van der Waals surface area contributed by atoms with Gasteiger partial charge in [-0.25, -0.2) is 0 Å². The van der Waals surface area contributed by atoms with E-state index in [0.29, 0.717) is 6.61 Å². The fourth-order valence-electron chi connectivity index (χ4n) is 2.96. The molecule has 2 heterocycles. The van der Waals surface area contributed by atoms with Gasteiger partial charge in [0.05, 0.1) is 12.3 Å². The average Bonchev–Trinajstić information content (AvgIpc) is 3.18. The van der Waals surface area contributed by atoms with Crippen LogP contribution in [0.15, 0.2) is 78.2 Å². The molecule has 0 unspecified atom stereocenters. The molecular formula is C23H22N4OS. The van der Waals surface area contributed by atoms with Crippen LogP contribution in [0.4, 0.5) is 0 Å². The van der Waals surface area contributed by atoms with Crippen LogP contribution in [0.5, 0.6) is 5.75 Å². The molecule has 29 heavy (non-hydrogen) atoms. The molecule has 5 nitrogen and oxygen atoms in total. The third-order valence-corrected chi connectivity index (χ3v) is 5.54. The molecule has 0 aliphatic rings. The highest BCUT2D eigenvalue weighted by atomic mass is 32.2. The molecule has 0 amide bonds. The van der Waals surface area contributed by atoms with Crippen LogP contribution in [0.2, 0.25) is 0 Å². The molecule has 0 saturated carbocycles. The van der Waals surface area contributed by atoms with Gasteiger partial charge in [-0.1, -0.05) is 36.0 Å². The van der Waals surface area contributed by atoms with Crippen molar-refractivity contribution in [2.45, 2.75) is 19.0 Å². The van der Waals surface area contributed by atoms with Gasteiger partial charge in [0.1, 0.15) is 5.75 Å². The molecule has 0 fully saturated rings. The van der Waals surface area contributed by atoms with E-state index in [0.717, 1.165) is 33.7 Å². The number of pyridine rings is 1. The van der Waals surface area contributed by atoms with E-state index in [1.165, 1.54) is 11.1 Å². The number of rotatable bonds is 7. The van der Waals surface area contributed by atoms with E-state index in [-0.39, 0.29) is 0 Å². The number of nitrogens with zero attached hydrogens (tertiary/aromatic N) is 4. The first-order chi connectivity index (χ1) is 14.2. The zero-order valence-electron chi connectivity index (χ0n) is 16.4. The quantitative estimate of drug-likeness (QED) is 0.317. The Morgan fingerprint density at radius 1 is 0.897 bits per heavy atom. The molecule has 0 N–H and O–H groups in total. The Kier molecular flexibility index (Phi) is 5.91. The van der Waals surface area contributed by atoms with Gasteiger partial charge in [0, 0.05) is 23.7 Å². The summed E-state index contributed by atoms with van der Waals surface area (Å²) < 4.78 is 7.92. The first kappa shape index (κ1) is 19.2. The third-order valence-electron chi connectivity index (χ3n) is 4.65. The molecule has 0 atom stereocenters. The molecule has 2 aromatic carbocycles. The van der Waals surface area contributed by atoms with Gasteiger partial charge >= 0.3 is 0 Å².